The Bertz CT molecular complexity index is 717. The molecule has 0 saturated heterocycles. The number of hydrogen-bond donors (Lipinski definition) is 0. The Morgan fingerprint density at radius 1 is 1.09 bits per heavy atom. The fourth-order valence-electron chi connectivity index (χ4n) is 2.00. The fraction of sp³-hybridized carbons (Fsp3) is 0.235. The van der Waals surface area contributed by atoms with E-state index in [4.69, 9.17) is 37.5 Å². The Kier molecular flexibility index (Phi) is 6.13. The second kappa shape index (κ2) is 8.09. The molecule has 0 N–H and O–H groups in total. The highest BCUT2D eigenvalue weighted by Crippen LogP contribution is 2.30. The van der Waals surface area contributed by atoms with Crippen molar-refractivity contribution in [2.45, 2.75) is 13.5 Å². The molecule has 2 aromatic carbocycles. The molecule has 4 nitrogen and oxygen atoms in total. The van der Waals surface area contributed by atoms with Crippen LogP contribution in [-0.4, -0.2) is 20.4 Å². The molecule has 0 atom stereocenters. The molecule has 2 aromatic rings. The zero-order chi connectivity index (χ0) is 16.8. The van der Waals surface area contributed by atoms with Crippen molar-refractivity contribution in [2.24, 2.45) is 5.16 Å². The lowest BCUT2D eigenvalue weighted by Crippen LogP contribution is -1.97. The topological polar surface area (TPSA) is 40.0 Å². The zero-order valence-corrected chi connectivity index (χ0v) is 14.6. The number of halogens is 2. The van der Waals surface area contributed by atoms with Gasteiger partial charge in [-0.2, -0.15) is 0 Å². The Balaban J connectivity index is 2.06. The van der Waals surface area contributed by atoms with Gasteiger partial charge in [-0.25, -0.2) is 0 Å². The smallest absolute Gasteiger partial charge is 0.161 e. The van der Waals surface area contributed by atoms with E-state index in [9.17, 15) is 0 Å². The highest BCUT2D eigenvalue weighted by Gasteiger charge is 2.09. The van der Waals surface area contributed by atoms with Crippen molar-refractivity contribution in [3.05, 3.63) is 57.1 Å². The van der Waals surface area contributed by atoms with E-state index in [1.165, 1.54) is 6.21 Å². The van der Waals surface area contributed by atoms with Crippen LogP contribution >= 0.6 is 23.2 Å². The molecule has 0 unspecified atom stereocenters. The van der Waals surface area contributed by atoms with E-state index in [1.54, 1.807) is 26.4 Å². The summed E-state index contributed by atoms with van der Waals surface area (Å²) >= 11 is 12.0. The first-order chi connectivity index (χ1) is 11.1. The van der Waals surface area contributed by atoms with E-state index in [0.717, 1.165) is 11.1 Å². The van der Waals surface area contributed by atoms with E-state index in [1.807, 2.05) is 25.1 Å². The quantitative estimate of drug-likeness (QED) is 0.549. The van der Waals surface area contributed by atoms with Crippen LogP contribution < -0.4 is 9.47 Å². The van der Waals surface area contributed by atoms with Crippen LogP contribution in [0.25, 0.3) is 0 Å². The van der Waals surface area contributed by atoms with E-state index in [0.29, 0.717) is 33.7 Å². The van der Waals surface area contributed by atoms with Crippen molar-refractivity contribution in [2.75, 3.05) is 14.2 Å². The van der Waals surface area contributed by atoms with Gasteiger partial charge in [0, 0.05) is 5.56 Å². The molecule has 0 aromatic heterocycles. The van der Waals surface area contributed by atoms with Crippen LogP contribution in [0.4, 0.5) is 0 Å². The maximum atomic E-state index is 6.08. The molecule has 0 bridgehead atoms. The van der Waals surface area contributed by atoms with E-state index in [-0.39, 0.29) is 0 Å². The first-order valence-electron chi connectivity index (χ1n) is 6.87. The molecule has 23 heavy (non-hydrogen) atoms. The number of benzene rings is 2. The number of ether oxygens (including phenoxy) is 2. The average Bonchev–Trinajstić information content (AvgIpc) is 2.56. The molecule has 2 rings (SSSR count). The molecular weight excluding hydrogens is 337 g/mol. The molecule has 0 aliphatic rings. The van der Waals surface area contributed by atoms with Crippen LogP contribution in [0.15, 0.2) is 35.5 Å². The van der Waals surface area contributed by atoms with Gasteiger partial charge in [-0.3, -0.25) is 0 Å². The highest BCUT2D eigenvalue weighted by atomic mass is 35.5. The summed E-state index contributed by atoms with van der Waals surface area (Å²) in [7, 11) is 3.20. The number of rotatable bonds is 6. The SMILES string of the molecule is COc1cc(C)c(CO/N=C\c2cccc(Cl)c2Cl)cc1OC. The van der Waals surface area contributed by atoms with Gasteiger partial charge in [0.05, 0.1) is 30.5 Å². The van der Waals surface area contributed by atoms with Crippen LogP contribution in [0.3, 0.4) is 0 Å². The molecular formula is C17H17Cl2NO3. The molecule has 0 heterocycles. The third-order valence-electron chi connectivity index (χ3n) is 3.31. The Morgan fingerprint density at radius 2 is 1.78 bits per heavy atom. The number of aryl methyl sites for hydroxylation is 1. The minimum atomic E-state index is 0.306. The van der Waals surface area contributed by atoms with Crippen LogP contribution in [0.2, 0.25) is 10.0 Å². The summed E-state index contributed by atoms with van der Waals surface area (Å²) in [5.41, 5.74) is 2.68. The Labute approximate surface area is 145 Å². The van der Waals surface area contributed by atoms with Crippen molar-refractivity contribution < 1.29 is 14.3 Å². The maximum Gasteiger partial charge on any atom is 0.161 e. The van der Waals surface area contributed by atoms with Gasteiger partial charge < -0.3 is 14.3 Å². The monoisotopic (exact) mass is 353 g/mol. The number of oxime groups is 1. The first-order valence-corrected chi connectivity index (χ1v) is 7.63. The van der Waals surface area contributed by atoms with E-state index >= 15 is 0 Å². The summed E-state index contributed by atoms with van der Waals surface area (Å²) in [5, 5.41) is 4.86. The van der Waals surface area contributed by atoms with Crippen molar-refractivity contribution in [1.82, 2.24) is 0 Å². The second-order valence-electron chi connectivity index (χ2n) is 4.78. The molecule has 0 aliphatic carbocycles. The lowest BCUT2D eigenvalue weighted by atomic mass is 10.1. The highest BCUT2D eigenvalue weighted by molar-refractivity contribution is 6.43. The molecule has 0 aliphatic heterocycles. The number of hydrogen-bond acceptors (Lipinski definition) is 4. The summed E-state index contributed by atoms with van der Waals surface area (Å²) in [6.07, 6.45) is 1.53. The summed E-state index contributed by atoms with van der Waals surface area (Å²) in [6, 6.07) is 9.09. The number of methoxy groups -OCH3 is 2. The summed E-state index contributed by atoms with van der Waals surface area (Å²) in [5.74, 6) is 1.33. The van der Waals surface area contributed by atoms with Gasteiger partial charge in [0.15, 0.2) is 11.5 Å². The largest absolute Gasteiger partial charge is 0.493 e. The zero-order valence-electron chi connectivity index (χ0n) is 13.1. The molecule has 0 spiro atoms. The van der Waals surface area contributed by atoms with E-state index in [2.05, 4.69) is 5.16 Å². The van der Waals surface area contributed by atoms with Crippen LogP contribution in [-0.2, 0) is 11.4 Å². The van der Waals surface area contributed by atoms with Gasteiger partial charge in [0.2, 0.25) is 0 Å². The third kappa shape index (κ3) is 4.30. The van der Waals surface area contributed by atoms with Gasteiger partial charge in [-0.05, 0) is 36.2 Å². The normalized spacial score (nSPS) is 10.8. The maximum absolute atomic E-state index is 6.08. The van der Waals surface area contributed by atoms with Gasteiger partial charge in [0.1, 0.15) is 6.61 Å². The second-order valence-corrected chi connectivity index (χ2v) is 5.57. The van der Waals surface area contributed by atoms with Gasteiger partial charge in [0.25, 0.3) is 0 Å². The van der Waals surface area contributed by atoms with Gasteiger partial charge >= 0.3 is 0 Å². The molecule has 122 valence electrons. The minimum Gasteiger partial charge on any atom is -0.493 e. The average molecular weight is 354 g/mol. The molecule has 0 radical (unpaired) electrons. The van der Waals surface area contributed by atoms with Crippen molar-refractivity contribution >= 4 is 29.4 Å². The van der Waals surface area contributed by atoms with Crippen LogP contribution in [0, 0.1) is 6.92 Å². The lowest BCUT2D eigenvalue weighted by Gasteiger charge is -2.12. The Hall–Kier alpha value is -1.91. The van der Waals surface area contributed by atoms with Crippen molar-refractivity contribution in [3.63, 3.8) is 0 Å². The predicted octanol–water partition coefficient (Wildman–Crippen LogP) is 4.87. The van der Waals surface area contributed by atoms with Gasteiger partial charge in [-0.1, -0.05) is 40.5 Å². The molecule has 0 amide bonds. The van der Waals surface area contributed by atoms with Crippen molar-refractivity contribution in [1.29, 1.82) is 0 Å². The Morgan fingerprint density at radius 3 is 2.48 bits per heavy atom. The fourth-order valence-corrected chi connectivity index (χ4v) is 2.36. The van der Waals surface area contributed by atoms with Crippen LogP contribution in [0.5, 0.6) is 11.5 Å². The molecule has 0 saturated carbocycles. The minimum absolute atomic E-state index is 0.306. The summed E-state index contributed by atoms with van der Waals surface area (Å²) in [4.78, 5) is 5.34. The summed E-state index contributed by atoms with van der Waals surface area (Å²) in [6.45, 7) is 2.28. The standard InChI is InChI=1S/C17H17Cl2NO3/c1-11-7-15(21-2)16(22-3)8-13(11)10-23-20-9-12-5-4-6-14(18)17(12)19/h4-9H,10H2,1-3H3/b20-9-. The van der Waals surface area contributed by atoms with Crippen molar-refractivity contribution in [3.8, 4) is 11.5 Å². The van der Waals surface area contributed by atoms with E-state index < -0.39 is 0 Å². The van der Waals surface area contributed by atoms with Gasteiger partial charge in [-0.15, -0.1) is 0 Å². The molecule has 0 fully saturated rings. The van der Waals surface area contributed by atoms with Crippen LogP contribution in [0.1, 0.15) is 16.7 Å². The molecule has 6 heteroatoms. The first kappa shape index (κ1) is 17.4. The third-order valence-corrected chi connectivity index (χ3v) is 4.14. The number of nitrogens with zero attached hydrogens (tertiary/aromatic N) is 1. The summed E-state index contributed by atoms with van der Waals surface area (Å²) < 4.78 is 10.5. The lowest BCUT2D eigenvalue weighted by molar-refractivity contribution is 0.131. The predicted molar refractivity (Wildman–Crippen MR) is 93.1 cm³/mol.